The number of nitrogens with zero attached hydrogens (tertiary/aromatic N) is 2. The van der Waals surface area contributed by atoms with Crippen LogP contribution in [0.3, 0.4) is 0 Å². The summed E-state index contributed by atoms with van der Waals surface area (Å²) in [5, 5.41) is 15.0. The highest BCUT2D eigenvalue weighted by atomic mass is 79.9. The van der Waals surface area contributed by atoms with Gasteiger partial charge in [-0.15, -0.1) is 0 Å². The van der Waals surface area contributed by atoms with Gasteiger partial charge in [-0.05, 0) is 78.3 Å². The third-order valence-corrected chi connectivity index (χ3v) is 7.25. The molecule has 1 atom stereocenters. The van der Waals surface area contributed by atoms with Crippen LogP contribution in [-0.4, -0.2) is 35.0 Å². The molecule has 0 aliphatic carbocycles. The first-order chi connectivity index (χ1) is 17.4. The van der Waals surface area contributed by atoms with Crippen LogP contribution >= 0.6 is 28.1 Å². The van der Waals surface area contributed by atoms with E-state index >= 15 is 0 Å². The Bertz CT molecular complexity index is 1550. The molecule has 4 aromatic rings. The van der Waals surface area contributed by atoms with Gasteiger partial charge in [-0.3, -0.25) is 13.9 Å². The van der Waals surface area contributed by atoms with Gasteiger partial charge in [0, 0.05) is 11.0 Å². The maximum absolute atomic E-state index is 14.1. The maximum Gasteiger partial charge on any atom is 0.267 e. The van der Waals surface area contributed by atoms with Gasteiger partial charge < -0.3 is 19.9 Å². The lowest BCUT2D eigenvalue weighted by molar-refractivity contribution is 0.352. The minimum atomic E-state index is -0.590. The first-order valence-electron chi connectivity index (χ1n) is 11.3. The normalized spacial score (nSPS) is 14.8. The van der Waals surface area contributed by atoms with Crippen LogP contribution in [0.4, 0.5) is 0 Å². The lowest BCUT2D eigenvalue weighted by Gasteiger charge is -2.29. The minimum absolute atomic E-state index is 0.165. The fraction of sp³-hybridized carbons (Fsp3) is 0.185. The van der Waals surface area contributed by atoms with Crippen molar-refractivity contribution >= 4 is 28.1 Å². The second-order valence-corrected chi connectivity index (χ2v) is 9.63. The zero-order chi connectivity index (χ0) is 25.4. The minimum Gasteiger partial charge on any atom is -0.494 e. The van der Waals surface area contributed by atoms with Crippen molar-refractivity contribution in [3.05, 3.63) is 103 Å². The number of benzene rings is 3. The monoisotopic (exact) mass is 565 g/mol. The van der Waals surface area contributed by atoms with Gasteiger partial charge in [0.25, 0.3) is 5.56 Å². The Morgan fingerprint density at radius 1 is 0.972 bits per heavy atom. The van der Waals surface area contributed by atoms with E-state index in [1.807, 2.05) is 66.7 Å². The molecule has 184 valence electrons. The fourth-order valence-corrected chi connectivity index (χ4v) is 5.28. The first-order valence-corrected chi connectivity index (χ1v) is 12.5. The number of ether oxygens (including phenoxy) is 2. The van der Waals surface area contributed by atoms with E-state index in [0.29, 0.717) is 29.4 Å². The Hall–Kier alpha value is -3.40. The van der Waals surface area contributed by atoms with Crippen molar-refractivity contribution in [1.82, 2.24) is 14.5 Å². The van der Waals surface area contributed by atoms with E-state index in [1.54, 1.807) is 14.2 Å². The quantitative estimate of drug-likeness (QED) is 0.329. The topological polar surface area (TPSA) is 77.7 Å². The van der Waals surface area contributed by atoms with Gasteiger partial charge in [-0.2, -0.15) is 0 Å². The summed E-state index contributed by atoms with van der Waals surface area (Å²) < 4.78 is 15.1. The summed E-state index contributed by atoms with van der Waals surface area (Å²) in [5.74, 6) is 0.960. The molecule has 1 aliphatic rings. The summed E-state index contributed by atoms with van der Waals surface area (Å²) in [6, 6.07) is 19.8. The van der Waals surface area contributed by atoms with Gasteiger partial charge in [0.05, 0.1) is 37.2 Å². The van der Waals surface area contributed by atoms with E-state index in [4.69, 9.17) is 21.7 Å². The molecule has 0 saturated carbocycles. The molecule has 0 radical (unpaired) electrons. The van der Waals surface area contributed by atoms with Crippen LogP contribution in [0.1, 0.15) is 22.7 Å². The van der Waals surface area contributed by atoms with Crippen LogP contribution in [0.5, 0.6) is 17.4 Å². The molecular weight excluding hydrogens is 542 g/mol. The van der Waals surface area contributed by atoms with E-state index in [2.05, 4.69) is 21.2 Å². The van der Waals surface area contributed by atoms with Crippen molar-refractivity contribution in [1.29, 1.82) is 0 Å². The molecule has 1 unspecified atom stereocenters. The number of hydrogen-bond acceptors (Lipinski definition) is 6. The summed E-state index contributed by atoms with van der Waals surface area (Å²) >= 11 is 9.23. The average Bonchev–Trinajstić information content (AvgIpc) is 2.89. The van der Waals surface area contributed by atoms with Gasteiger partial charge in [0.2, 0.25) is 5.88 Å². The Balaban J connectivity index is 1.83. The first kappa shape index (κ1) is 24.3. The Labute approximate surface area is 221 Å². The van der Waals surface area contributed by atoms with Gasteiger partial charge in [-0.25, -0.2) is 0 Å². The third kappa shape index (κ3) is 4.13. The number of hydrogen-bond donors (Lipinski definition) is 2. The van der Waals surface area contributed by atoms with Gasteiger partial charge in [-0.1, -0.05) is 34.1 Å². The smallest absolute Gasteiger partial charge is 0.267 e. The number of aromatic hydroxyl groups is 1. The molecule has 0 spiro atoms. The van der Waals surface area contributed by atoms with Crippen molar-refractivity contribution in [2.24, 2.45) is 0 Å². The molecule has 3 aromatic carbocycles. The summed E-state index contributed by atoms with van der Waals surface area (Å²) in [6.45, 7) is 0.616. The molecule has 0 saturated heterocycles. The highest BCUT2D eigenvalue weighted by Gasteiger charge is 2.31. The predicted molar refractivity (Wildman–Crippen MR) is 145 cm³/mol. The van der Waals surface area contributed by atoms with Crippen molar-refractivity contribution in [3.8, 4) is 28.8 Å². The van der Waals surface area contributed by atoms with E-state index in [0.717, 1.165) is 22.0 Å². The van der Waals surface area contributed by atoms with Crippen molar-refractivity contribution in [3.63, 3.8) is 0 Å². The molecular formula is C27H24BrN3O4S. The van der Waals surface area contributed by atoms with Gasteiger partial charge >= 0.3 is 0 Å². The lowest BCUT2D eigenvalue weighted by Crippen LogP contribution is -2.37. The molecule has 36 heavy (non-hydrogen) atoms. The van der Waals surface area contributed by atoms with Crippen LogP contribution in [0, 0.1) is 4.77 Å². The highest BCUT2D eigenvalue weighted by molar-refractivity contribution is 9.10. The summed E-state index contributed by atoms with van der Waals surface area (Å²) in [6.07, 6.45) is 0.742. The number of aromatic nitrogens is 2. The Morgan fingerprint density at radius 2 is 1.61 bits per heavy atom. The number of methoxy groups -OCH3 is 2. The molecule has 5 rings (SSSR count). The zero-order valence-electron chi connectivity index (χ0n) is 19.7. The number of para-hydroxylation sites is 1. The van der Waals surface area contributed by atoms with Crippen LogP contribution in [0.15, 0.2) is 76.0 Å². The maximum atomic E-state index is 14.1. The van der Waals surface area contributed by atoms with Gasteiger partial charge in [0.15, 0.2) is 16.3 Å². The molecule has 2 N–H and O–H groups in total. The molecule has 2 heterocycles. The second-order valence-electron chi connectivity index (χ2n) is 8.35. The molecule has 1 aliphatic heterocycles. The van der Waals surface area contributed by atoms with Gasteiger partial charge in [0.1, 0.15) is 0 Å². The molecule has 0 bridgehead atoms. The van der Waals surface area contributed by atoms with Crippen LogP contribution in [-0.2, 0) is 6.42 Å². The van der Waals surface area contributed by atoms with Crippen LogP contribution in [0.2, 0.25) is 0 Å². The van der Waals surface area contributed by atoms with E-state index in [9.17, 15) is 9.90 Å². The van der Waals surface area contributed by atoms with E-state index in [-0.39, 0.29) is 16.2 Å². The number of nitrogens with one attached hydrogen (secondary N) is 1. The third-order valence-electron chi connectivity index (χ3n) is 6.36. The highest BCUT2D eigenvalue weighted by Crippen LogP contribution is 2.39. The van der Waals surface area contributed by atoms with Crippen LogP contribution < -0.4 is 20.3 Å². The largest absolute Gasteiger partial charge is 0.494 e. The van der Waals surface area contributed by atoms with Crippen molar-refractivity contribution in [2.45, 2.75) is 12.5 Å². The Kier molecular flexibility index (Phi) is 6.70. The van der Waals surface area contributed by atoms with Crippen LogP contribution in [0.25, 0.3) is 11.4 Å². The van der Waals surface area contributed by atoms with Crippen molar-refractivity contribution < 1.29 is 14.6 Å². The SMILES string of the molecule is COc1cc2c(cc1OC)C(c1c(O)n(-c3ccc(Br)cc3)c(=S)n(-c3ccccc3)c1=O)NCC2. The predicted octanol–water partition coefficient (Wildman–Crippen LogP) is 5.08. The Morgan fingerprint density at radius 3 is 2.28 bits per heavy atom. The summed E-state index contributed by atoms with van der Waals surface area (Å²) in [5.41, 5.74) is 2.91. The summed E-state index contributed by atoms with van der Waals surface area (Å²) in [7, 11) is 3.17. The number of fused-ring (bicyclic) bond motifs is 1. The van der Waals surface area contributed by atoms with E-state index in [1.165, 1.54) is 9.13 Å². The molecule has 9 heteroatoms. The van der Waals surface area contributed by atoms with Crippen molar-refractivity contribution in [2.75, 3.05) is 20.8 Å². The number of halogens is 1. The lowest BCUT2D eigenvalue weighted by atomic mass is 9.90. The molecule has 0 fully saturated rings. The molecule has 7 nitrogen and oxygen atoms in total. The summed E-state index contributed by atoms with van der Waals surface area (Å²) in [4.78, 5) is 14.1. The standard InChI is InChI=1S/C27H24BrN3O4S/c1-34-21-14-16-12-13-29-24(20(16)15-22(21)35-2)23-25(32)30(18-6-4-3-5-7-18)27(36)31(26(23)33)19-10-8-17(28)9-11-19/h3-11,14-15,24,29,33H,12-13H2,1-2H3. The molecule has 1 aromatic heterocycles. The fourth-order valence-electron chi connectivity index (χ4n) is 4.63. The zero-order valence-corrected chi connectivity index (χ0v) is 22.1. The average molecular weight is 566 g/mol. The van der Waals surface area contributed by atoms with E-state index < -0.39 is 11.6 Å². The second kappa shape index (κ2) is 9.93. The number of rotatable bonds is 5. The molecule has 0 amide bonds.